The molecule has 0 bridgehead atoms. The van der Waals surface area contributed by atoms with Crippen molar-refractivity contribution in [3.63, 3.8) is 0 Å². The van der Waals surface area contributed by atoms with Crippen LogP contribution in [-0.2, 0) is 11.3 Å². The Kier molecular flexibility index (Phi) is 5.81. The zero-order chi connectivity index (χ0) is 21.3. The molecule has 1 saturated heterocycles. The van der Waals surface area contributed by atoms with Crippen LogP contribution in [0.15, 0.2) is 24.4 Å². The fraction of sp³-hybridized carbons (Fsp3) is 0.478. The van der Waals surface area contributed by atoms with Gasteiger partial charge in [0.15, 0.2) is 5.78 Å². The van der Waals surface area contributed by atoms with E-state index >= 15 is 0 Å². The summed E-state index contributed by atoms with van der Waals surface area (Å²) in [5, 5.41) is 6.63. The first-order chi connectivity index (χ1) is 14.4. The van der Waals surface area contributed by atoms with Gasteiger partial charge < -0.3 is 4.74 Å². The van der Waals surface area contributed by atoms with E-state index in [-0.39, 0.29) is 5.78 Å². The monoisotopic (exact) mass is 407 g/mol. The molecular formula is C23H29N5O2. The Morgan fingerprint density at radius 2 is 1.93 bits per heavy atom. The van der Waals surface area contributed by atoms with E-state index in [2.05, 4.69) is 34.0 Å². The molecule has 1 aromatic carbocycles. The number of fused-ring (bicyclic) bond motifs is 1. The lowest BCUT2D eigenvalue weighted by Crippen LogP contribution is -2.38. The van der Waals surface area contributed by atoms with E-state index in [1.807, 2.05) is 26.1 Å². The molecule has 0 atom stereocenters. The molecule has 7 nitrogen and oxygen atoms in total. The van der Waals surface area contributed by atoms with E-state index in [4.69, 9.17) is 9.72 Å². The first-order valence-corrected chi connectivity index (χ1v) is 10.5. The van der Waals surface area contributed by atoms with Crippen LogP contribution in [0.2, 0.25) is 0 Å². The minimum atomic E-state index is 0.174. The van der Waals surface area contributed by atoms with Crippen LogP contribution in [0.5, 0.6) is 5.75 Å². The fourth-order valence-electron chi connectivity index (χ4n) is 4.37. The molecule has 30 heavy (non-hydrogen) atoms. The molecule has 1 fully saturated rings. The molecule has 7 heteroatoms. The average Bonchev–Trinajstić information content (AvgIpc) is 3.05. The number of nitrogens with zero attached hydrogens (tertiary/aromatic N) is 5. The minimum Gasteiger partial charge on any atom is -0.496 e. The quantitative estimate of drug-likeness (QED) is 0.625. The largest absolute Gasteiger partial charge is 0.496 e. The van der Waals surface area contributed by atoms with Gasteiger partial charge in [-0.2, -0.15) is 5.10 Å². The predicted octanol–water partition coefficient (Wildman–Crippen LogP) is 3.21. The lowest BCUT2D eigenvalue weighted by Gasteiger charge is -2.31. The standard InChI is InChI=1S/C23H29N5O2/c1-15-21-11-22(24-12-19(21)5-6-23(15)30-4)18-7-9-27(10-8-18)13-20(29)14-28-17(3)25-16(2)26-28/h5-6,11-12,18H,7-10,13-14H2,1-4H3. The second-order valence-corrected chi connectivity index (χ2v) is 8.18. The van der Waals surface area contributed by atoms with Crippen LogP contribution in [-0.4, -0.2) is 57.2 Å². The van der Waals surface area contributed by atoms with Crippen molar-refractivity contribution < 1.29 is 9.53 Å². The second-order valence-electron chi connectivity index (χ2n) is 8.18. The van der Waals surface area contributed by atoms with Crippen molar-refractivity contribution in [2.45, 2.75) is 46.1 Å². The van der Waals surface area contributed by atoms with Crippen LogP contribution in [0.25, 0.3) is 10.8 Å². The summed E-state index contributed by atoms with van der Waals surface area (Å²) in [6.45, 7) is 8.39. The third-order valence-corrected chi connectivity index (χ3v) is 6.06. The van der Waals surface area contributed by atoms with Crippen LogP contribution in [0.3, 0.4) is 0 Å². The van der Waals surface area contributed by atoms with Gasteiger partial charge in [-0.3, -0.25) is 14.7 Å². The molecule has 0 N–H and O–H groups in total. The summed E-state index contributed by atoms with van der Waals surface area (Å²) in [7, 11) is 1.71. The van der Waals surface area contributed by atoms with E-state index in [9.17, 15) is 4.79 Å². The maximum atomic E-state index is 12.5. The summed E-state index contributed by atoms with van der Waals surface area (Å²) < 4.78 is 7.17. The average molecular weight is 408 g/mol. The lowest BCUT2D eigenvalue weighted by atomic mass is 9.91. The molecule has 0 amide bonds. The van der Waals surface area contributed by atoms with E-state index in [0.29, 0.717) is 24.8 Å². The Bertz CT molecular complexity index is 1070. The number of benzene rings is 1. The summed E-state index contributed by atoms with van der Waals surface area (Å²) in [4.78, 5) is 23.7. The SMILES string of the molecule is COc1ccc2cnc(C3CCN(CC(=O)Cn4nc(C)nc4C)CC3)cc2c1C. The first kappa shape index (κ1) is 20.5. The highest BCUT2D eigenvalue weighted by molar-refractivity contribution is 5.87. The number of aryl methyl sites for hydroxylation is 3. The number of ether oxygens (including phenoxy) is 1. The molecule has 0 unspecified atom stereocenters. The van der Waals surface area contributed by atoms with Gasteiger partial charge in [0.05, 0.1) is 13.7 Å². The normalized spacial score (nSPS) is 15.6. The summed E-state index contributed by atoms with van der Waals surface area (Å²) in [5.41, 5.74) is 2.29. The molecular weight excluding hydrogens is 378 g/mol. The number of likely N-dealkylation sites (tertiary alicyclic amines) is 1. The van der Waals surface area contributed by atoms with Crippen LogP contribution in [0, 0.1) is 20.8 Å². The van der Waals surface area contributed by atoms with Crippen molar-refractivity contribution in [3.8, 4) is 5.75 Å². The van der Waals surface area contributed by atoms with Crippen molar-refractivity contribution in [2.24, 2.45) is 0 Å². The first-order valence-electron chi connectivity index (χ1n) is 10.5. The van der Waals surface area contributed by atoms with Crippen LogP contribution in [0.4, 0.5) is 0 Å². The Morgan fingerprint density at radius 3 is 2.60 bits per heavy atom. The van der Waals surface area contributed by atoms with Gasteiger partial charge in [-0.15, -0.1) is 0 Å². The van der Waals surface area contributed by atoms with E-state index in [1.165, 1.54) is 5.39 Å². The molecule has 3 aromatic rings. The predicted molar refractivity (Wildman–Crippen MR) is 116 cm³/mol. The van der Waals surface area contributed by atoms with Gasteiger partial charge in [0, 0.05) is 23.2 Å². The molecule has 2 aromatic heterocycles. The van der Waals surface area contributed by atoms with Gasteiger partial charge in [0.25, 0.3) is 0 Å². The third kappa shape index (κ3) is 4.21. The van der Waals surface area contributed by atoms with Crippen LogP contribution in [0.1, 0.15) is 41.7 Å². The van der Waals surface area contributed by atoms with Gasteiger partial charge in [0.1, 0.15) is 23.9 Å². The Hall–Kier alpha value is -2.80. The van der Waals surface area contributed by atoms with Gasteiger partial charge in [-0.25, -0.2) is 9.67 Å². The van der Waals surface area contributed by atoms with Gasteiger partial charge in [0.2, 0.25) is 0 Å². The molecule has 4 rings (SSSR count). The Morgan fingerprint density at radius 1 is 1.17 bits per heavy atom. The number of piperidine rings is 1. The number of rotatable bonds is 6. The van der Waals surface area contributed by atoms with Gasteiger partial charge in [-0.1, -0.05) is 0 Å². The second kappa shape index (κ2) is 8.52. The summed E-state index contributed by atoms with van der Waals surface area (Å²) in [6, 6.07) is 6.27. The molecule has 1 aliphatic heterocycles. The highest BCUT2D eigenvalue weighted by atomic mass is 16.5. The minimum absolute atomic E-state index is 0.174. The fourth-order valence-corrected chi connectivity index (χ4v) is 4.37. The van der Waals surface area contributed by atoms with E-state index < -0.39 is 0 Å². The topological polar surface area (TPSA) is 73.1 Å². The zero-order valence-electron chi connectivity index (χ0n) is 18.2. The lowest BCUT2D eigenvalue weighted by molar-refractivity contribution is -0.121. The van der Waals surface area contributed by atoms with Crippen molar-refractivity contribution in [3.05, 3.63) is 47.3 Å². The maximum absolute atomic E-state index is 12.5. The number of aromatic nitrogens is 4. The molecule has 3 heterocycles. The molecule has 0 saturated carbocycles. The third-order valence-electron chi connectivity index (χ3n) is 6.06. The highest BCUT2D eigenvalue weighted by Crippen LogP contribution is 2.32. The van der Waals surface area contributed by atoms with Gasteiger partial charge >= 0.3 is 0 Å². The van der Waals surface area contributed by atoms with Crippen molar-refractivity contribution in [1.29, 1.82) is 0 Å². The summed E-state index contributed by atoms with van der Waals surface area (Å²) >= 11 is 0. The van der Waals surface area contributed by atoms with Crippen molar-refractivity contribution in [1.82, 2.24) is 24.6 Å². The number of pyridine rings is 1. The molecule has 158 valence electrons. The van der Waals surface area contributed by atoms with Crippen molar-refractivity contribution >= 4 is 16.6 Å². The number of methoxy groups -OCH3 is 1. The molecule has 0 spiro atoms. The number of ketones is 1. The van der Waals surface area contributed by atoms with Crippen LogP contribution >= 0.6 is 0 Å². The number of hydrogen-bond donors (Lipinski definition) is 0. The van der Waals surface area contributed by atoms with E-state index in [0.717, 1.165) is 54.1 Å². The highest BCUT2D eigenvalue weighted by Gasteiger charge is 2.23. The van der Waals surface area contributed by atoms with E-state index in [1.54, 1.807) is 11.8 Å². The van der Waals surface area contributed by atoms with Crippen LogP contribution < -0.4 is 4.74 Å². The molecule has 0 aliphatic carbocycles. The Balaban J connectivity index is 1.38. The maximum Gasteiger partial charge on any atom is 0.168 e. The number of hydrogen-bond acceptors (Lipinski definition) is 6. The number of carbonyl (C=O) groups is 1. The van der Waals surface area contributed by atoms with Gasteiger partial charge in [-0.05, 0) is 75.9 Å². The smallest absolute Gasteiger partial charge is 0.168 e. The number of Topliss-reactive ketones (excluding diaryl/α,β-unsaturated/α-hetero) is 1. The van der Waals surface area contributed by atoms with Crippen molar-refractivity contribution in [2.75, 3.05) is 26.7 Å². The summed E-state index contributed by atoms with van der Waals surface area (Å²) in [6.07, 6.45) is 3.99. The molecule has 1 aliphatic rings. The molecule has 0 radical (unpaired) electrons. The summed E-state index contributed by atoms with van der Waals surface area (Å²) in [5.74, 6) is 3.00. The number of carbonyl (C=O) groups excluding carboxylic acids is 1. The Labute approximate surface area is 177 Å². The zero-order valence-corrected chi connectivity index (χ0v) is 18.2.